The Kier molecular flexibility index (Phi) is 3.84. The molecule has 0 saturated carbocycles. The second kappa shape index (κ2) is 5.36. The van der Waals surface area contributed by atoms with Gasteiger partial charge >= 0.3 is 0 Å². The van der Waals surface area contributed by atoms with Gasteiger partial charge < -0.3 is 9.26 Å². The molecule has 17 heavy (non-hydrogen) atoms. The van der Waals surface area contributed by atoms with Crippen LogP contribution in [0.3, 0.4) is 0 Å². The molecule has 0 radical (unpaired) electrons. The maximum atomic E-state index is 5.54. The van der Waals surface area contributed by atoms with Crippen LogP contribution in [0.25, 0.3) is 0 Å². The Balaban J connectivity index is 1.99. The fourth-order valence-corrected chi connectivity index (χ4v) is 1.74. The van der Waals surface area contributed by atoms with Gasteiger partial charge in [-0.15, -0.1) is 0 Å². The van der Waals surface area contributed by atoms with Gasteiger partial charge in [0.2, 0.25) is 0 Å². The van der Waals surface area contributed by atoms with Crippen LogP contribution < -0.4 is 4.74 Å². The maximum Gasteiger partial charge on any atom is 0.254 e. The molecular formula is C13H14BrNO2. The number of aryl methyl sites for hydroxylation is 2. The fourth-order valence-electron chi connectivity index (χ4n) is 1.48. The molecule has 2 aromatic rings. The van der Waals surface area contributed by atoms with Crippen LogP contribution in [-0.4, -0.2) is 5.16 Å². The first kappa shape index (κ1) is 12.2. The van der Waals surface area contributed by atoms with Crippen molar-refractivity contribution in [2.45, 2.75) is 25.8 Å². The molecule has 2 rings (SSSR count). The Morgan fingerprint density at radius 2 is 2.06 bits per heavy atom. The van der Waals surface area contributed by atoms with Gasteiger partial charge in [0.25, 0.3) is 5.88 Å². The first-order chi connectivity index (χ1) is 8.19. The lowest BCUT2D eigenvalue weighted by Crippen LogP contribution is -1.96. The zero-order valence-electron chi connectivity index (χ0n) is 9.87. The van der Waals surface area contributed by atoms with E-state index in [1.165, 1.54) is 11.1 Å². The Morgan fingerprint density at radius 3 is 2.71 bits per heavy atom. The summed E-state index contributed by atoms with van der Waals surface area (Å²) in [6, 6.07) is 8.07. The second-order valence-electron chi connectivity index (χ2n) is 3.97. The number of halogens is 1. The molecule has 1 heterocycles. The third kappa shape index (κ3) is 3.09. The molecule has 0 aliphatic rings. The van der Waals surface area contributed by atoms with Gasteiger partial charge in [-0.05, 0) is 35.7 Å². The summed E-state index contributed by atoms with van der Waals surface area (Å²) in [6.45, 7) is 4.70. The lowest BCUT2D eigenvalue weighted by atomic mass is 10.1. The van der Waals surface area contributed by atoms with Crippen LogP contribution in [0.5, 0.6) is 5.88 Å². The minimum atomic E-state index is 0.509. The van der Waals surface area contributed by atoms with Crippen molar-refractivity contribution in [3.8, 4) is 5.88 Å². The molecule has 0 atom stereocenters. The monoisotopic (exact) mass is 295 g/mol. The molecule has 0 bridgehead atoms. The van der Waals surface area contributed by atoms with Crippen molar-refractivity contribution in [1.82, 2.24) is 5.16 Å². The molecular weight excluding hydrogens is 282 g/mol. The molecule has 0 N–H and O–H groups in total. The highest BCUT2D eigenvalue weighted by molar-refractivity contribution is 9.08. The Morgan fingerprint density at radius 1 is 1.24 bits per heavy atom. The summed E-state index contributed by atoms with van der Waals surface area (Å²) in [4.78, 5) is 0. The number of hydrogen-bond donors (Lipinski definition) is 0. The zero-order chi connectivity index (χ0) is 12.3. The van der Waals surface area contributed by atoms with E-state index in [-0.39, 0.29) is 0 Å². The summed E-state index contributed by atoms with van der Waals surface area (Å²) in [5.41, 5.74) is 3.70. The molecule has 0 unspecified atom stereocenters. The number of hydrogen-bond acceptors (Lipinski definition) is 3. The fraction of sp³-hybridized carbons (Fsp3) is 0.308. The molecule has 4 heteroatoms. The van der Waals surface area contributed by atoms with Crippen LogP contribution in [0.2, 0.25) is 0 Å². The van der Waals surface area contributed by atoms with Crippen molar-refractivity contribution in [2.75, 3.05) is 0 Å². The van der Waals surface area contributed by atoms with Gasteiger partial charge in [-0.2, -0.15) is 0 Å². The van der Waals surface area contributed by atoms with Gasteiger partial charge in [0.1, 0.15) is 6.61 Å². The van der Waals surface area contributed by atoms with E-state index < -0.39 is 0 Å². The molecule has 1 aromatic heterocycles. The first-order valence-electron chi connectivity index (χ1n) is 5.39. The van der Waals surface area contributed by atoms with Crippen LogP contribution >= 0.6 is 15.9 Å². The number of alkyl halides is 1. The van der Waals surface area contributed by atoms with E-state index in [2.05, 4.69) is 53.1 Å². The van der Waals surface area contributed by atoms with Crippen molar-refractivity contribution in [2.24, 2.45) is 0 Å². The molecule has 0 spiro atoms. The van der Waals surface area contributed by atoms with Crippen LogP contribution in [0, 0.1) is 13.8 Å². The van der Waals surface area contributed by atoms with E-state index in [4.69, 9.17) is 9.26 Å². The van der Waals surface area contributed by atoms with E-state index in [1.54, 1.807) is 6.07 Å². The SMILES string of the molecule is Cc1ccc(COc2cc(CBr)on2)cc1C. The molecule has 3 nitrogen and oxygen atoms in total. The van der Waals surface area contributed by atoms with E-state index in [0.717, 1.165) is 11.3 Å². The van der Waals surface area contributed by atoms with Crippen LogP contribution in [-0.2, 0) is 11.9 Å². The summed E-state index contributed by atoms with van der Waals surface area (Å²) < 4.78 is 10.6. The molecule has 90 valence electrons. The van der Waals surface area contributed by atoms with E-state index >= 15 is 0 Å². The van der Waals surface area contributed by atoms with Gasteiger partial charge in [0.15, 0.2) is 5.76 Å². The maximum absolute atomic E-state index is 5.54. The topological polar surface area (TPSA) is 35.3 Å². The Bertz CT molecular complexity index is 508. The highest BCUT2D eigenvalue weighted by Crippen LogP contribution is 2.16. The number of rotatable bonds is 4. The largest absolute Gasteiger partial charge is 0.471 e. The number of benzene rings is 1. The Hall–Kier alpha value is -1.29. The van der Waals surface area contributed by atoms with Crippen LogP contribution in [0.15, 0.2) is 28.8 Å². The smallest absolute Gasteiger partial charge is 0.254 e. The van der Waals surface area contributed by atoms with E-state index in [9.17, 15) is 0 Å². The number of ether oxygens (including phenoxy) is 1. The highest BCUT2D eigenvalue weighted by Gasteiger charge is 2.04. The molecule has 0 fully saturated rings. The minimum Gasteiger partial charge on any atom is -0.471 e. The summed E-state index contributed by atoms with van der Waals surface area (Å²) in [6.07, 6.45) is 0. The quantitative estimate of drug-likeness (QED) is 0.806. The van der Waals surface area contributed by atoms with Crippen molar-refractivity contribution < 1.29 is 9.26 Å². The van der Waals surface area contributed by atoms with Crippen molar-refractivity contribution in [3.63, 3.8) is 0 Å². The molecule has 1 aromatic carbocycles. The summed E-state index contributed by atoms with van der Waals surface area (Å²) in [7, 11) is 0. The summed E-state index contributed by atoms with van der Waals surface area (Å²) in [5.74, 6) is 1.29. The predicted molar refractivity (Wildman–Crippen MR) is 69.4 cm³/mol. The van der Waals surface area contributed by atoms with Gasteiger partial charge in [-0.25, -0.2) is 0 Å². The lowest BCUT2D eigenvalue weighted by Gasteiger charge is -2.05. The lowest BCUT2D eigenvalue weighted by molar-refractivity contribution is 0.267. The molecule has 0 amide bonds. The van der Waals surface area contributed by atoms with E-state index in [1.807, 2.05) is 0 Å². The average molecular weight is 296 g/mol. The van der Waals surface area contributed by atoms with Crippen molar-refractivity contribution in [3.05, 3.63) is 46.7 Å². The van der Waals surface area contributed by atoms with Crippen LogP contribution in [0.1, 0.15) is 22.5 Å². The molecule has 0 aliphatic carbocycles. The summed E-state index contributed by atoms with van der Waals surface area (Å²) >= 11 is 3.30. The minimum absolute atomic E-state index is 0.509. The second-order valence-corrected chi connectivity index (χ2v) is 4.53. The molecule has 0 saturated heterocycles. The first-order valence-corrected chi connectivity index (χ1v) is 6.51. The normalized spacial score (nSPS) is 10.5. The Labute approximate surface area is 109 Å². The summed E-state index contributed by atoms with van der Waals surface area (Å²) in [5, 5.41) is 4.46. The average Bonchev–Trinajstić information content (AvgIpc) is 2.79. The van der Waals surface area contributed by atoms with Crippen molar-refractivity contribution in [1.29, 1.82) is 0 Å². The highest BCUT2D eigenvalue weighted by atomic mass is 79.9. The molecule has 0 aliphatic heterocycles. The van der Waals surface area contributed by atoms with Gasteiger partial charge in [-0.3, -0.25) is 0 Å². The van der Waals surface area contributed by atoms with Gasteiger partial charge in [0.05, 0.1) is 5.33 Å². The number of aromatic nitrogens is 1. The van der Waals surface area contributed by atoms with E-state index in [0.29, 0.717) is 17.8 Å². The third-order valence-corrected chi connectivity index (χ3v) is 3.18. The third-order valence-electron chi connectivity index (χ3n) is 2.63. The van der Waals surface area contributed by atoms with Gasteiger partial charge in [-0.1, -0.05) is 34.1 Å². The standard InChI is InChI=1S/C13H14BrNO2/c1-9-3-4-11(5-10(9)2)8-16-13-6-12(7-14)17-15-13/h3-6H,7-8H2,1-2H3. The number of nitrogens with zero attached hydrogens (tertiary/aromatic N) is 1. The van der Waals surface area contributed by atoms with Gasteiger partial charge in [0, 0.05) is 6.07 Å². The van der Waals surface area contributed by atoms with Crippen molar-refractivity contribution >= 4 is 15.9 Å². The van der Waals surface area contributed by atoms with Crippen LogP contribution in [0.4, 0.5) is 0 Å². The predicted octanol–water partition coefficient (Wildman–Crippen LogP) is 3.77. The zero-order valence-corrected chi connectivity index (χ0v) is 11.5.